The van der Waals surface area contributed by atoms with Crippen LogP contribution in [0.25, 0.3) is 0 Å². The van der Waals surface area contributed by atoms with Gasteiger partial charge in [-0.2, -0.15) is 0 Å². The van der Waals surface area contributed by atoms with Gasteiger partial charge in [0.15, 0.2) is 5.69 Å². The van der Waals surface area contributed by atoms with Gasteiger partial charge in [-0.3, -0.25) is 14.7 Å². The van der Waals surface area contributed by atoms with E-state index in [-0.39, 0.29) is 11.9 Å². The summed E-state index contributed by atoms with van der Waals surface area (Å²) in [6.45, 7) is 10.1. The molecule has 1 atom stereocenters. The fourth-order valence-electron chi connectivity index (χ4n) is 3.53. The van der Waals surface area contributed by atoms with E-state index in [9.17, 15) is 4.79 Å². The molecule has 0 N–H and O–H groups in total. The van der Waals surface area contributed by atoms with Crippen LogP contribution in [0.4, 0.5) is 0 Å². The van der Waals surface area contributed by atoms with Crippen molar-refractivity contribution >= 4 is 5.91 Å². The van der Waals surface area contributed by atoms with Crippen molar-refractivity contribution in [3.05, 3.63) is 41.5 Å². The molecule has 1 aliphatic heterocycles. The molecule has 0 bridgehead atoms. The summed E-state index contributed by atoms with van der Waals surface area (Å²) in [5.41, 5.74) is 2.58. The van der Waals surface area contributed by atoms with Crippen LogP contribution >= 0.6 is 0 Å². The number of hydrogen-bond donors (Lipinski definition) is 0. The monoisotopic (exact) mass is 356 g/mol. The third-order valence-electron chi connectivity index (χ3n) is 4.97. The highest BCUT2D eigenvalue weighted by molar-refractivity contribution is 5.91. The molecule has 0 aromatic carbocycles. The SMILES string of the molecule is CCN(CC)C(=O)c1cn(C2CCCN(Cc3cccc(C)n3)C2)nn1. The predicted molar refractivity (Wildman–Crippen MR) is 99.8 cm³/mol. The molecule has 0 aliphatic carbocycles. The van der Waals surface area contributed by atoms with Crippen LogP contribution in [0.15, 0.2) is 24.4 Å². The van der Waals surface area contributed by atoms with Crippen LogP contribution in [-0.4, -0.2) is 61.9 Å². The minimum Gasteiger partial charge on any atom is -0.338 e. The first kappa shape index (κ1) is 18.5. The zero-order valence-electron chi connectivity index (χ0n) is 15.9. The van der Waals surface area contributed by atoms with E-state index in [4.69, 9.17) is 0 Å². The number of aryl methyl sites for hydroxylation is 1. The molecule has 1 amide bonds. The second-order valence-electron chi connectivity index (χ2n) is 6.86. The highest BCUT2D eigenvalue weighted by atomic mass is 16.2. The van der Waals surface area contributed by atoms with Crippen molar-refractivity contribution in [1.82, 2.24) is 29.8 Å². The molecule has 3 rings (SSSR count). The van der Waals surface area contributed by atoms with Gasteiger partial charge in [-0.25, -0.2) is 4.68 Å². The Balaban J connectivity index is 1.65. The maximum Gasteiger partial charge on any atom is 0.276 e. The van der Waals surface area contributed by atoms with Gasteiger partial charge in [-0.1, -0.05) is 11.3 Å². The third-order valence-corrected chi connectivity index (χ3v) is 4.97. The number of likely N-dealkylation sites (tertiary alicyclic amines) is 1. The summed E-state index contributed by atoms with van der Waals surface area (Å²) in [6.07, 6.45) is 3.97. The van der Waals surface area contributed by atoms with E-state index in [2.05, 4.69) is 32.3 Å². The molecule has 2 aromatic heterocycles. The zero-order valence-corrected chi connectivity index (χ0v) is 15.9. The number of piperidine rings is 1. The number of carbonyl (C=O) groups excluding carboxylic acids is 1. The van der Waals surface area contributed by atoms with Gasteiger partial charge in [0, 0.05) is 31.9 Å². The Hall–Kier alpha value is -2.28. The number of pyridine rings is 1. The smallest absolute Gasteiger partial charge is 0.276 e. The maximum absolute atomic E-state index is 12.4. The van der Waals surface area contributed by atoms with Crippen molar-refractivity contribution in [1.29, 1.82) is 0 Å². The van der Waals surface area contributed by atoms with Crippen LogP contribution in [0.1, 0.15) is 54.6 Å². The van der Waals surface area contributed by atoms with Gasteiger partial charge in [0.25, 0.3) is 5.91 Å². The molecule has 1 unspecified atom stereocenters. The fourth-order valence-corrected chi connectivity index (χ4v) is 3.53. The molecular weight excluding hydrogens is 328 g/mol. The van der Waals surface area contributed by atoms with Crippen molar-refractivity contribution < 1.29 is 4.79 Å². The lowest BCUT2D eigenvalue weighted by Crippen LogP contribution is -2.36. The average molecular weight is 356 g/mol. The molecule has 0 spiro atoms. The van der Waals surface area contributed by atoms with Crippen LogP contribution in [0.5, 0.6) is 0 Å². The second-order valence-corrected chi connectivity index (χ2v) is 6.86. The van der Waals surface area contributed by atoms with E-state index in [0.29, 0.717) is 18.8 Å². The summed E-state index contributed by atoms with van der Waals surface area (Å²) < 4.78 is 1.87. The normalized spacial score (nSPS) is 18.0. The number of aromatic nitrogens is 4. The summed E-state index contributed by atoms with van der Waals surface area (Å²) >= 11 is 0. The lowest BCUT2D eigenvalue weighted by molar-refractivity contribution is 0.0767. The maximum atomic E-state index is 12.4. The molecule has 1 aliphatic rings. The van der Waals surface area contributed by atoms with Gasteiger partial charge in [0.05, 0.1) is 17.9 Å². The molecule has 26 heavy (non-hydrogen) atoms. The van der Waals surface area contributed by atoms with Gasteiger partial charge < -0.3 is 4.90 Å². The zero-order chi connectivity index (χ0) is 18.5. The van der Waals surface area contributed by atoms with Crippen molar-refractivity contribution in [2.45, 2.75) is 46.2 Å². The van der Waals surface area contributed by atoms with Gasteiger partial charge in [0.2, 0.25) is 0 Å². The van der Waals surface area contributed by atoms with Gasteiger partial charge >= 0.3 is 0 Å². The Kier molecular flexibility index (Phi) is 5.98. The molecule has 1 fully saturated rings. The topological polar surface area (TPSA) is 67.2 Å². The molecule has 0 saturated carbocycles. The average Bonchev–Trinajstić information content (AvgIpc) is 3.13. The van der Waals surface area contributed by atoms with E-state index >= 15 is 0 Å². The van der Waals surface area contributed by atoms with Crippen LogP contribution in [0, 0.1) is 6.92 Å². The second kappa shape index (κ2) is 8.40. The highest BCUT2D eigenvalue weighted by Gasteiger charge is 2.24. The number of carbonyl (C=O) groups is 1. The molecule has 140 valence electrons. The van der Waals surface area contributed by atoms with Crippen LogP contribution < -0.4 is 0 Å². The van der Waals surface area contributed by atoms with E-state index in [1.807, 2.05) is 31.5 Å². The van der Waals surface area contributed by atoms with Crippen molar-refractivity contribution in [2.75, 3.05) is 26.2 Å². The fraction of sp³-hybridized carbons (Fsp3) is 0.579. The Labute approximate surface area is 155 Å². The summed E-state index contributed by atoms with van der Waals surface area (Å²) in [5, 5.41) is 8.36. The van der Waals surface area contributed by atoms with Gasteiger partial charge in [-0.15, -0.1) is 5.10 Å². The minimum absolute atomic E-state index is 0.0436. The van der Waals surface area contributed by atoms with Crippen molar-refractivity contribution in [3.8, 4) is 0 Å². The predicted octanol–water partition coefficient (Wildman–Crippen LogP) is 2.30. The molecule has 3 heterocycles. The third kappa shape index (κ3) is 4.27. The number of hydrogen-bond acceptors (Lipinski definition) is 5. The Morgan fingerprint density at radius 3 is 2.85 bits per heavy atom. The molecule has 1 saturated heterocycles. The quantitative estimate of drug-likeness (QED) is 0.794. The number of rotatable bonds is 6. The van der Waals surface area contributed by atoms with Crippen molar-refractivity contribution in [3.63, 3.8) is 0 Å². The van der Waals surface area contributed by atoms with E-state index < -0.39 is 0 Å². The van der Waals surface area contributed by atoms with Crippen molar-refractivity contribution in [2.24, 2.45) is 0 Å². The summed E-state index contributed by atoms with van der Waals surface area (Å²) in [4.78, 5) is 21.2. The van der Waals surface area contributed by atoms with E-state index in [1.165, 1.54) is 0 Å². The molecule has 7 nitrogen and oxygen atoms in total. The first-order chi connectivity index (χ1) is 12.6. The lowest BCUT2D eigenvalue weighted by atomic mass is 10.1. The first-order valence-electron chi connectivity index (χ1n) is 9.46. The molecular formula is C19H28N6O. The lowest BCUT2D eigenvalue weighted by Gasteiger charge is -2.32. The molecule has 0 radical (unpaired) electrons. The Morgan fingerprint density at radius 1 is 1.31 bits per heavy atom. The first-order valence-corrected chi connectivity index (χ1v) is 9.46. The van der Waals surface area contributed by atoms with Gasteiger partial charge in [-0.05, 0) is 52.3 Å². The highest BCUT2D eigenvalue weighted by Crippen LogP contribution is 2.22. The molecule has 2 aromatic rings. The van der Waals surface area contributed by atoms with Gasteiger partial charge in [0.1, 0.15) is 0 Å². The standard InChI is InChI=1S/C19H28N6O/c1-4-24(5-2)19(26)18-14-25(22-21-18)17-10-7-11-23(13-17)12-16-9-6-8-15(3)20-16/h6,8-9,14,17H,4-5,7,10-13H2,1-3H3. The Morgan fingerprint density at radius 2 is 2.12 bits per heavy atom. The molecule has 7 heteroatoms. The summed E-state index contributed by atoms with van der Waals surface area (Å²) in [6, 6.07) is 6.40. The number of nitrogens with zero attached hydrogens (tertiary/aromatic N) is 6. The van der Waals surface area contributed by atoms with Crippen LogP contribution in [-0.2, 0) is 6.54 Å². The minimum atomic E-state index is -0.0436. The van der Waals surface area contributed by atoms with E-state index in [0.717, 1.165) is 43.9 Å². The largest absolute Gasteiger partial charge is 0.338 e. The summed E-state index contributed by atoms with van der Waals surface area (Å²) in [5.74, 6) is -0.0436. The number of amides is 1. The van der Waals surface area contributed by atoms with E-state index in [1.54, 1.807) is 11.1 Å². The van der Waals surface area contributed by atoms with Crippen LogP contribution in [0.2, 0.25) is 0 Å². The Bertz CT molecular complexity index is 739. The van der Waals surface area contributed by atoms with Crippen LogP contribution in [0.3, 0.4) is 0 Å². The summed E-state index contributed by atoms with van der Waals surface area (Å²) in [7, 11) is 0.